The van der Waals surface area contributed by atoms with Crippen LogP contribution in [0.4, 0.5) is 5.69 Å². The van der Waals surface area contributed by atoms with Gasteiger partial charge < -0.3 is 19.1 Å². The second kappa shape index (κ2) is 9.77. The van der Waals surface area contributed by atoms with Crippen LogP contribution in [-0.2, 0) is 16.1 Å². The number of hydrogen-bond donors (Lipinski definition) is 0. The third-order valence-corrected chi connectivity index (χ3v) is 6.47. The first-order chi connectivity index (χ1) is 17.9. The highest BCUT2D eigenvalue weighted by atomic mass is 16.5. The summed E-state index contributed by atoms with van der Waals surface area (Å²) in [6.07, 6.45) is -0.819. The smallest absolute Gasteiger partial charge is 0.337 e. The SMILES string of the molecule is COC(=O)c1ccc2c(c1)N(Cc1ccc(OC)cc1)C(=O)C(CCN1C(=O)c3ccccc3C1=O)O2. The Balaban J connectivity index is 1.41. The van der Waals surface area contributed by atoms with Gasteiger partial charge in [-0.05, 0) is 48.0 Å². The van der Waals surface area contributed by atoms with Crippen molar-refractivity contribution < 1.29 is 33.4 Å². The molecule has 0 aromatic heterocycles. The third-order valence-electron chi connectivity index (χ3n) is 6.47. The lowest BCUT2D eigenvalue weighted by molar-refractivity contribution is -0.126. The monoisotopic (exact) mass is 500 g/mol. The Kier molecular flexibility index (Phi) is 6.35. The van der Waals surface area contributed by atoms with E-state index < -0.39 is 12.1 Å². The number of benzene rings is 3. The zero-order chi connectivity index (χ0) is 26.1. The van der Waals surface area contributed by atoms with Crippen molar-refractivity contribution in [2.45, 2.75) is 19.1 Å². The maximum atomic E-state index is 13.6. The van der Waals surface area contributed by atoms with Gasteiger partial charge in [0.25, 0.3) is 17.7 Å². The maximum absolute atomic E-state index is 13.6. The highest BCUT2D eigenvalue weighted by molar-refractivity contribution is 6.21. The number of ether oxygens (including phenoxy) is 3. The molecule has 2 aliphatic heterocycles. The van der Waals surface area contributed by atoms with Gasteiger partial charge >= 0.3 is 5.97 Å². The molecule has 5 rings (SSSR count). The molecule has 0 saturated heterocycles. The normalized spacial score (nSPS) is 16.3. The molecule has 0 aliphatic carbocycles. The van der Waals surface area contributed by atoms with Crippen molar-refractivity contribution >= 4 is 29.4 Å². The molecule has 9 nitrogen and oxygen atoms in total. The molecule has 3 aromatic carbocycles. The van der Waals surface area contributed by atoms with Gasteiger partial charge in [-0.1, -0.05) is 24.3 Å². The molecule has 9 heteroatoms. The van der Waals surface area contributed by atoms with Crippen LogP contribution in [0, 0.1) is 0 Å². The number of nitrogens with zero attached hydrogens (tertiary/aromatic N) is 2. The number of fused-ring (bicyclic) bond motifs is 2. The molecule has 0 radical (unpaired) electrons. The molecule has 2 aliphatic rings. The first-order valence-electron chi connectivity index (χ1n) is 11.7. The van der Waals surface area contributed by atoms with Crippen molar-refractivity contribution in [3.05, 3.63) is 89.0 Å². The molecule has 0 fully saturated rings. The van der Waals surface area contributed by atoms with E-state index in [1.165, 1.54) is 7.11 Å². The summed E-state index contributed by atoms with van der Waals surface area (Å²) in [7, 11) is 2.86. The van der Waals surface area contributed by atoms with Gasteiger partial charge in [0.15, 0.2) is 6.10 Å². The van der Waals surface area contributed by atoms with Gasteiger partial charge in [-0.25, -0.2) is 4.79 Å². The number of esters is 1. The first kappa shape index (κ1) is 24.1. The van der Waals surface area contributed by atoms with Crippen LogP contribution >= 0.6 is 0 Å². The molecule has 0 bridgehead atoms. The lowest BCUT2D eigenvalue weighted by Crippen LogP contribution is -2.47. The summed E-state index contributed by atoms with van der Waals surface area (Å²) in [5.74, 6) is -0.559. The van der Waals surface area contributed by atoms with E-state index >= 15 is 0 Å². The van der Waals surface area contributed by atoms with Crippen LogP contribution in [0.25, 0.3) is 0 Å². The molecular weight excluding hydrogens is 476 g/mol. The average molecular weight is 501 g/mol. The summed E-state index contributed by atoms with van der Waals surface area (Å²) in [5, 5.41) is 0. The molecular formula is C28H24N2O7. The van der Waals surface area contributed by atoms with Gasteiger partial charge in [0, 0.05) is 13.0 Å². The lowest BCUT2D eigenvalue weighted by Gasteiger charge is -2.35. The van der Waals surface area contributed by atoms with Crippen LogP contribution in [-0.4, -0.2) is 55.5 Å². The van der Waals surface area contributed by atoms with Crippen LogP contribution in [0.2, 0.25) is 0 Å². The fourth-order valence-electron chi connectivity index (χ4n) is 4.52. The topological polar surface area (TPSA) is 102 Å². The molecule has 0 spiro atoms. The number of amides is 3. The lowest BCUT2D eigenvalue weighted by atomic mass is 10.1. The zero-order valence-corrected chi connectivity index (χ0v) is 20.3. The molecule has 3 amide bonds. The van der Waals surface area contributed by atoms with E-state index in [0.29, 0.717) is 28.3 Å². The molecule has 37 heavy (non-hydrogen) atoms. The second-order valence-electron chi connectivity index (χ2n) is 8.65. The van der Waals surface area contributed by atoms with Crippen molar-refractivity contribution in [3.8, 4) is 11.5 Å². The highest BCUT2D eigenvalue weighted by Gasteiger charge is 2.39. The Bertz CT molecular complexity index is 1360. The third kappa shape index (κ3) is 4.40. The Morgan fingerprint density at radius 2 is 1.57 bits per heavy atom. The van der Waals surface area contributed by atoms with E-state index in [-0.39, 0.29) is 42.8 Å². The number of rotatable bonds is 7. The van der Waals surface area contributed by atoms with Crippen molar-refractivity contribution in [3.63, 3.8) is 0 Å². The average Bonchev–Trinajstić information content (AvgIpc) is 3.18. The summed E-state index contributed by atoms with van der Waals surface area (Å²) in [4.78, 5) is 54.0. The molecule has 0 N–H and O–H groups in total. The number of methoxy groups -OCH3 is 2. The Hall–Kier alpha value is -4.66. The van der Waals surface area contributed by atoms with E-state index in [0.717, 1.165) is 10.5 Å². The number of anilines is 1. The van der Waals surface area contributed by atoms with Crippen molar-refractivity contribution in [2.75, 3.05) is 25.7 Å². The van der Waals surface area contributed by atoms with Crippen molar-refractivity contribution in [2.24, 2.45) is 0 Å². The Morgan fingerprint density at radius 1 is 0.892 bits per heavy atom. The predicted octanol–water partition coefficient (Wildman–Crippen LogP) is 3.46. The van der Waals surface area contributed by atoms with Crippen LogP contribution in [0.1, 0.15) is 43.1 Å². The van der Waals surface area contributed by atoms with Gasteiger partial charge in [-0.15, -0.1) is 0 Å². The molecule has 2 heterocycles. The highest BCUT2D eigenvalue weighted by Crippen LogP contribution is 2.37. The minimum Gasteiger partial charge on any atom is -0.497 e. The second-order valence-corrected chi connectivity index (χ2v) is 8.65. The minimum absolute atomic E-state index is 0.0225. The molecule has 3 aromatic rings. The number of carbonyl (C=O) groups excluding carboxylic acids is 4. The molecule has 188 valence electrons. The fourth-order valence-corrected chi connectivity index (χ4v) is 4.52. The number of carbonyl (C=O) groups is 4. The number of imide groups is 1. The summed E-state index contributed by atoms with van der Waals surface area (Å²) in [6.45, 7) is 0.238. The van der Waals surface area contributed by atoms with Crippen LogP contribution in [0.5, 0.6) is 11.5 Å². The van der Waals surface area contributed by atoms with Gasteiger partial charge in [0.1, 0.15) is 11.5 Å². The number of hydrogen-bond acceptors (Lipinski definition) is 7. The van der Waals surface area contributed by atoms with E-state index in [1.54, 1.807) is 66.6 Å². The van der Waals surface area contributed by atoms with Crippen molar-refractivity contribution in [1.29, 1.82) is 0 Å². The summed E-state index contributed by atoms with van der Waals surface area (Å²) in [6, 6.07) is 18.7. The summed E-state index contributed by atoms with van der Waals surface area (Å²) in [5.41, 5.74) is 2.25. The van der Waals surface area contributed by atoms with Crippen LogP contribution in [0.15, 0.2) is 66.7 Å². The van der Waals surface area contributed by atoms with E-state index in [9.17, 15) is 19.2 Å². The largest absolute Gasteiger partial charge is 0.497 e. The van der Waals surface area contributed by atoms with Gasteiger partial charge in [-0.2, -0.15) is 0 Å². The van der Waals surface area contributed by atoms with E-state index in [1.807, 2.05) is 12.1 Å². The van der Waals surface area contributed by atoms with Crippen LogP contribution < -0.4 is 14.4 Å². The van der Waals surface area contributed by atoms with E-state index in [4.69, 9.17) is 14.2 Å². The molecule has 1 atom stereocenters. The minimum atomic E-state index is -0.931. The van der Waals surface area contributed by atoms with Gasteiger partial charge in [0.05, 0.1) is 43.1 Å². The standard InChI is InChI=1S/C28H24N2O7/c1-35-19-10-7-17(8-11-19)16-30-22-15-18(28(34)36-2)9-12-23(22)37-24(27(30)33)13-14-29-25(31)20-5-3-4-6-21(20)26(29)32/h3-12,15,24H,13-14,16H2,1-2H3. The van der Waals surface area contributed by atoms with E-state index in [2.05, 4.69) is 0 Å². The zero-order valence-electron chi connectivity index (χ0n) is 20.3. The Labute approximate surface area is 213 Å². The van der Waals surface area contributed by atoms with Gasteiger partial charge in [0.2, 0.25) is 0 Å². The van der Waals surface area contributed by atoms with Gasteiger partial charge in [-0.3, -0.25) is 19.3 Å². The molecule has 1 unspecified atom stereocenters. The first-order valence-corrected chi connectivity index (χ1v) is 11.7. The van der Waals surface area contributed by atoms with Crippen molar-refractivity contribution in [1.82, 2.24) is 4.90 Å². The quantitative estimate of drug-likeness (QED) is 0.362. The summed E-state index contributed by atoms with van der Waals surface area (Å²) < 4.78 is 16.1. The fraction of sp³-hybridized carbons (Fsp3) is 0.214. The van der Waals surface area contributed by atoms with Crippen LogP contribution in [0.3, 0.4) is 0 Å². The Morgan fingerprint density at radius 3 is 2.19 bits per heavy atom. The summed E-state index contributed by atoms with van der Waals surface area (Å²) >= 11 is 0. The molecule has 0 saturated carbocycles. The predicted molar refractivity (Wildman–Crippen MR) is 133 cm³/mol. The maximum Gasteiger partial charge on any atom is 0.337 e.